The molecule has 3 aromatic rings. The zero-order valence-electron chi connectivity index (χ0n) is 12.3. The summed E-state index contributed by atoms with van der Waals surface area (Å²) >= 11 is 0. The molecular formula is C18H18N2O. The third-order valence-corrected chi connectivity index (χ3v) is 3.74. The highest BCUT2D eigenvalue weighted by Gasteiger charge is 2.12. The zero-order chi connectivity index (χ0) is 14.8. The summed E-state index contributed by atoms with van der Waals surface area (Å²) in [4.78, 5) is 4.68. The zero-order valence-corrected chi connectivity index (χ0v) is 12.3. The van der Waals surface area contributed by atoms with Crippen molar-refractivity contribution in [2.75, 3.05) is 7.11 Å². The third-order valence-electron chi connectivity index (χ3n) is 3.74. The van der Waals surface area contributed by atoms with Crippen LogP contribution in [-0.4, -0.2) is 12.1 Å². The molecule has 0 aliphatic heterocycles. The highest BCUT2D eigenvalue weighted by Crippen LogP contribution is 2.33. The summed E-state index contributed by atoms with van der Waals surface area (Å²) in [5.74, 6) is 0.854. The number of aromatic nitrogens is 1. The summed E-state index contributed by atoms with van der Waals surface area (Å²) < 4.78 is 5.23. The number of pyridine rings is 1. The van der Waals surface area contributed by atoms with E-state index in [0.717, 1.165) is 33.7 Å². The lowest BCUT2D eigenvalue weighted by atomic mass is 9.96. The van der Waals surface area contributed by atoms with Gasteiger partial charge in [0.2, 0.25) is 0 Å². The Kier molecular flexibility index (Phi) is 3.59. The molecule has 0 spiro atoms. The average molecular weight is 278 g/mol. The van der Waals surface area contributed by atoms with Gasteiger partial charge in [0.05, 0.1) is 12.8 Å². The lowest BCUT2D eigenvalue weighted by Crippen LogP contribution is -2.03. The summed E-state index contributed by atoms with van der Waals surface area (Å²) in [6, 6.07) is 16.4. The number of fused-ring (bicyclic) bond motifs is 1. The quantitative estimate of drug-likeness (QED) is 0.795. The highest BCUT2D eigenvalue weighted by molar-refractivity contribution is 5.98. The minimum Gasteiger partial charge on any atom is -0.497 e. The number of hydrogen-bond donors (Lipinski definition) is 1. The first-order valence-corrected chi connectivity index (χ1v) is 6.97. The third kappa shape index (κ3) is 2.36. The van der Waals surface area contributed by atoms with Gasteiger partial charge >= 0.3 is 0 Å². The van der Waals surface area contributed by atoms with Crippen molar-refractivity contribution in [3.63, 3.8) is 0 Å². The predicted octanol–water partition coefficient (Wildman–Crippen LogP) is 3.68. The van der Waals surface area contributed by atoms with Crippen molar-refractivity contribution >= 4 is 10.8 Å². The summed E-state index contributed by atoms with van der Waals surface area (Å²) in [7, 11) is 1.67. The molecule has 0 saturated heterocycles. The molecular weight excluding hydrogens is 260 g/mol. The minimum absolute atomic E-state index is 0.449. The molecule has 0 amide bonds. The Labute approximate surface area is 124 Å². The van der Waals surface area contributed by atoms with E-state index in [4.69, 9.17) is 10.5 Å². The van der Waals surface area contributed by atoms with Gasteiger partial charge in [-0.2, -0.15) is 0 Å². The van der Waals surface area contributed by atoms with Gasteiger partial charge in [-0.25, -0.2) is 0 Å². The Hall–Kier alpha value is -2.39. The summed E-state index contributed by atoms with van der Waals surface area (Å²) in [6.07, 6.45) is 0. The van der Waals surface area contributed by atoms with Crippen LogP contribution in [0.3, 0.4) is 0 Å². The molecule has 0 radical (unpaired) electrons. The Morgan fingerprint density at radius 1 is 1.00 bits per heavy atom. The fourth-order valence-corrected chi connectivity index (χ4v) is 2.74. The first kappa shape index (κ1) is 13.6. The maximum Gasteiger partial charge on any atom is 0.118 e. The summed E-state index contributed by atoms with van der Waals surface area (Å²) in [5, 5.41) is 2.31. The van der Waals surface area contributed by atoms with E-state index in [1.807, 2.05) is 25.1 Å². The van der Waals surface area contributed by atoms with Gasteiger partial charge in [-0.1, -0.05) is 36.4 Å². The second-order valence-electron chi connectivity index (χ2n) is 5.00. The Bertz CT molecular complexity index is 779. The molecule has 0 unspecified atom stereocenters. The van der Waals surface area contributed by atoms with Gasteiger partial charge in [0.1, 0.15) is 5.75 Å². The van der Waals surface area contributed by atoms with Crippen molar-refractivity contribution in [3.8, 4) is 16.9 Å². The maximum atomic E-state index is 5.83. The van der Waals surface area contributed by atoms with E-state index >= 15 is 0 Å². The van der Waals surface area contributed by atoms with E-state index in [-0.39, 0.29) is 0 Å². The van der Waals surface area contributed by atoms with Crippen molar-refractivity contribution in [2.45, 2.75) is 13.5 Å². The van der Waals surface area contributed by atoms with Gasteiger partial charge in [0.25, 0.3) is 0 Å². The van der Waals surface area contributed by atoms with Gasteiger partial charge in [0.15, 0.2) is 0 Å². The monoisotopic (exact) mass is 278 g/mol. The molecule has 0 atom stereocenters. The standard InChI is InChI=1S/C18H18N2O/c1-12-18(13-7-9-14(21-2)10-8-13)16-6-4-3-5-15(16)17(11-19)20-12/h3-10H,11,19H2,1-2H3. The molecule has 1 aromatic heterocycles. The van der Waals surface area contributed by atoms with Crippen molar-refractivity contribution in [2.24, 2.45) is 5.73 Å². The fourth-order valence-electron chi connectivity index (χ4n) is 2.74. The number of methoxy groups -OCH3 is 1. The number of benzene rings is 2. The van der Waals surface area contributed by atoms with Crippen LogP contribution in [0.15, 0.2) is 48.5 Å². The predicted molar refractivity (Wildman–Crippen MR) is 86.4 cm³/mol. The minimum atomic E-state index is 0.449. The van der Waals surface area contributed by atoms with Crippen LogP contribution >= 0.6 is 0 Å². The van der Waals surface area contributed by atoms with Gasteiger partial charge in [0, 0.05) is 23.2 Å². The van der Waals surface area contributed by atoms with Crippen LogP contribution < -0.4 is 10.5 Å². The molecule has 3 heteroatoms. The van der Waals surface area contributed by atoms with E-state index in [1.54, 1.807) is 7.11 Å². The second kappa shape index (κ2) is 5.54. The number of nitrogens with zero attached hydrogens (tertiary/aromatic N) is 1. The molecule has 0 aliphatic rings. The van der Waals surface area contributed by atoms with E-state index in [2.05, 4.69) is 35.3 Å². The van der Waals surface area contributed by atoms with Crippen LogP contribution in [0.25, 0.3) is 21.9 Å². The van der Waals surface area contributed by atoms with Crippen LogP contribution in [0.1, 0.15) is 11.4 Å². The number of aryl methyl sites for hydroxylation is 1. The van der Waals surface area contributed by atoms with Gasteiger partial charge in [-0.15, -0.1) is 0 Å². The first-order valence-electron chi connectivity index (χ1n) is 6.97. The summed E-state index contributed by atoms with van der Waals surface area (Å²) in [6.45, 7) is 2.48. The lowest BCUT2D eigenvalue weighted by Gasteiger charge is -2.13. The Balaban J connectivity index is 2.28. The topological polar surface area (TPSA) is 48.1 Å². The summed E-state index contributed by atoms with van der Waals surface area (Å²) in [5.41, 5.74) is 10.1. The molecule has 106 valence electrons. The van der Waals surface area contributed by atoms with E-state index in [9.17, 15) is 0 Å². The number of rotatable bonds is 3. The number of nitrogens with two attached hydrogens (primary N) is 1. The van der Waals surface area contributed by atoms with Crippen LogP contribution in [0.5, 0.6) is 5.75 Å². The smallest absolute Gasteiger partial charge is 0.118 e. The molecule has 1 heterocycles. The molecule has 3 nitrogen and oxygen atoms in total. The first-order chi connectivity index (χ1) is 10.2. The van der Waals surface area contributed by atoms with E-state index < -0.39 is 0 Å². The van der Waals surface area contributed by atoms with Crippen molar-refractivity contribution < 1.29 is 4.74 Å². The van der Waals surface area contributed by atoms with Gasteiger partial charge in [-0.3, -0.25) is 4.98 Å². The molecule has 0 bridgehead atoms. The second-order valence-corrected chi connectivity index (χ2v) is 5.00. The number of ether oxygens (including phenoxy) is 1. The van der Waals surface area contributed by atoms with Crippen molar-refractivity contribution in [3.05, 3.63) is 59.9 Å². The molecule has 0 fully saturated rings. The fraction of sp³-hybridized carbons (Fsp3) is 0.167. The molecule has 3 rings (SSSR count). The largest absolute Gasteiger partial charge is 0.497 e. The van der Waals surface area contributed by atoms with E-state index in [1.165, 1.54) is 5.39 Å². The maximum absolute atomic E-state index is 5.83. The highest BCUT2D eigenvalue weighted by atomic mass is 16.5. The van der Waals surface area contributed by atoms with Gasteiger partial charge < -0.3 is 10.5 Å². The molecule has 2 N–H and O–H groups in total. The van der Waals surface area contributed by atoms with Crippen LogP contribution in [-0.2, 0) is 6.54 Å². The van der Waals surface area contributed by atoms with Crippen LogP contribution in [0.4, 0.5) is 0 Å². The van der Waals surface area contributed by atoms with Crippen LogP contribution in [0.2, 0.25) is 0 Å². The number of hydrogen-bond acceptors (Lipinski definition) is 3. The molecule has 0 aliphatic carbocycles. The van der Waals surface area contributed by atoms with E-state index in [0.29, 0.717) is 6.54 Å². The van der Waals surface area contributed by atoms with Crippen molar-refractivity contribution in [1.29, 1.82) is 0 Å². The van der Waals surface area contributed by atoms with Crippen molar-refractivity contribution in [1.82, 2.24) is 4.98 Å². The SMILES string of the molecule is COc1ccc(-c2c(C)nc(CN)c3ccccc23)cc1. The Morgan fingerprint density at radius 3 is 2.29 bits per heavy atom. The molecule has 21 heavy (non-hydrogen) atoms. The van der Waals surface area contributed by atoms with Crippen LogP contribution in [0, 0.1) is 6.92 Å². The molecule has 0 saturated carbocycles. The Morgan fingerprint density at radius 2 is 1.67 bits per heavy atom. The average Bonchev–Trinajstić information content (AvgIpc) is 2.54. The van der Waals surface area contributed by atoms with Gasteiger partial charge in [-0.05, 0) is 30.0 Å². The molecule has 2 aromatic carbocycles. The lowest BCUT2D eigenvalue weighted by molar-refractivity contribution is 0.415. The normalized spacial score (nSPS) is 10.8.